The van der Waals surface area contributed by atoms with Gasteiger partial charge in [0.1, 0.15) is 0 Å². The maximum absolute atomic E-state index is 5.17. The molecule has 2 heteroatoms. The van der Waals surface area contributed by atoms with Crippen molar-refractivity contribution < 1.29 is 4.74 Å². The van der Waals surface area contributed by atoms with Gasteiger partial charge in [-0.2, -0.15) is 0 Å². The van der Waals surface area contributed by atoms with Gasteiger partial charge in [-0.1, -0.05) is 26.2 Å². The Balaban J connectivity index is 2.29. The molecule has 0 amide bonds. The Bertz CT molecular complexity index is 153. The van der Waals surface area contributed by atoms with Crippen molar-refractivity contribution in [3.63, 3.8) is 0 Å². The van der Waals surface area contributed by atoms with Crippen molar-refractivity contribution in [2.45, 2.75) is 51.5 Å². The molecule has 0 bridgehead atoms. The van der Waals surface area contributed by atoms with E-state index in [2.05, 4.69) is 19.3 Å². The maximum Gasteiger partial charge on any atom is 0.0477 e. The summed E-state index contributed by atoms with van der Waals surface area (Å²) in [6.07, 6.45) is 8.23. The summed E-state index contributed by atoms with van der Waals surface area (Å²) >= 11 is 0. The molecule has 1 fully saturated rings. The molecule has 0 aromatic heterocycles. The summed E-state index contributed by atoms with van der Waals surface area (Å²) in [6, 6.07) is 0.669. The minimum absolute atomic E-state index is 0.669. The number of ether oxygens (including phenoxy) is 1. The third-order valence-electron chi connectivity index (χ3n) is 4.04. The van der Waals surface area contributed by atoms with Crippen LogP contribution in [0.2, 0.25) is 0 Å². The highest BCUT2D eigenvalue weighted by atomic mass is 16.5. The Kier molecular flexibility index (Phi) is 6.26. The Hall–Kier alpha value is -0.0800. The van der Waals surface area contributed by atoms with E-state index in [4.69, 9.17) is 4.74 Å². The van der Waals surface area contributed by atoms with Crippen molar-refractivity contribution in [1.82, 2.24) is 5.32 Å². The second-order valence-corrected chi connectivity index (χ2v) is 4.87. The van der Waals surface area contributed by atoms with Crippen molar-refractivity contribution in [3.8, 4) is 0 Å². The minimum Gasteiger partial charge on any atom is -0.385 e. The minimum atomic E-state index is 0.669. The molecular weight excluding hydrogens is 186 g/mol. The van der Waals surface area contributed by atoms with Crippen LogP contribution in [0.3, 0.4) is 0 Å². The molecule has 0 spiro atoms. The summed E-state index contributed by atoms with van der Waals surface area (Å²) in [4.78, 5) is 0. The smallest absolute Gasteiger partial charge is 0.0477 e. The van der Waals surface area contributed by atoms with Crippen LogP contribution in [0.25, 0.3) is 0 Å². The summed E-state index contributed by atoms with van der Waals surface area (Å²) in [5.74, 6) is 1.88. The van der Waals surface area contributed by atoms with Gasteiger partial charge in [0.2, 0.25) is 0 Å². The van der Waals surface area contributed by atoms with Gasteiger partial charge in [-0.25, -0.2) is 0 Å². The number of methoxy groups -OCH3 is 1. The third-order valence-corrected chi connectivity index (χ3v) is 4.04. The summed E-state index contributed by atoms with van der Waals surface area (Å²) in [5, 5.41) is 3.46. The first-order valence-corrected chi connectivity index (χ1v) is 6.48. The summed E-state index contributed by atoms with van der Waals surface area (Å²) in [5.41, 5.74) is 0. The number of nitrogens with one attached hydrogen (secondary N) is 1. The van der Waals surface area contributed by atoms with Crippen LogP contribution in [0.5, 0.6) is 0 Å². The molecule has 1 aliphatic rings. The molecular formula is C13H27NO. The van der Waals surface area contributed by atoms with E-state index in [0.29, 0.717) is 6.04 Å². The van der Waals surface area contributed by atoms with E-state index in [1.54, 1.807) is 7.11 Å². The second kappa shape index (κ2) is 7.24. The van der Waals surface area contributed by atoms with Crippen LogP contribution in [-0.4, -0.2) is 26.8 Å². The first-order chi connectivity index (χ1) is 7.31. The fraction of sp³-hybridized carbons (Fsp3) is 1.00. The molecule has 15 heavy (non-hydrogen) atoms. The maximum atomic E-state index is 5.17. The van der Waals surface area contributed by atoms with Gasteiger partial charge >= 0.3 is 0 Å². The van der Waals surface area contributed by atoms with E-state index in [9.17, 15) is 0 Å². The molecule has 1 saturated carbocycles. The molecule has 1 unspecified atom stereocenters. The van der Waals surface area contributed by atoms with Crippen molar-refractivity contribution in [3.05, 3.63) is 0 Å². The fourth-order valence-corrected chi connectivity index (χ4v) is 2.86. The van der Waals surface area contributed by atoms with Crippen LogP contribution < -0.4 is 5.32 Å². The predicted molar refractivity (Wildman–Crippen MR) is 65.1 cm³/mol. The van der Waals surface area contributed by atoms with Crippen LogP contribution >= 0.6 is 0 Å². The number of hydrogen-bond donors (Lipinski definition) is 1. The van der Waals surface area contributed by atoms with Crippen LogP contribution in [0.15, 0.2) is 0 Å². The Morgan fingerprint density at radius 3 is 2.40 bits per heavy atom. The Morgan fingerprint density at radius 1 is 1.27 bits per heavy atom. The molecule has 0 aliphatic heterocycles. The van der Waals surface area contributed by atoms with Gasteiger partial charge in [-0.15, -0.1) is 0 Å². The molecule has 0 aromatic rings. The van der Waals surface area contributed by atoms with Gasteiger partial charge < -0.3 is 10.1 Å². The monoisotopic (exact) mass is 213 g/mol. The molecule has 2 nitrogen and oxygen atoms in total. The molecule has 1 N–H and O–H groups in total. The highest BCUT2D eigenvalue weighted by Gasteiger charge is 2.25. The third kappa shape index (κ3) is 4.12. The summed E-state index contributed by atoms with van der Waals surface area (Å²) in [6.45, 7) is 3.21. The normalized spacial score (nSPS) is 29.0. The molecule has 0 saturated heterocycles. The standard InChI is InChI=1S/C13H27NO/c1-4-11-5-7-12(8-6-11)13(14-2)9-10-15-3/h11-14H,4-10H2,1-3H3. The molecule has 90 valence electrons. The molecule has 1 atom stereocenters. The second-order valence-electron chi connectivity index (χ2n) is 4.87. The van der Waals surface area contributed by atoms with Gasteiger partial charge in [-0.05, 0) is 38.1 Å². The van der Waals surface area contributed by atoms with Crippen molar-refractivity contribution in [2.75, 3.05) is 20.8 Å². The Labute approximate surface area is 94.8 Å². The quantitative estimate of drug-likeness (QED) is 0.732. The topological polar surface area (TPSA) is 21.3 Å². The van der Waals surface area contributed by atoms with E-state index in [-0.39, 0.29) is 0 Å². The molecule has 1 rings (SSSR count). The molecule has 0 radical (unpaired) electrons. The van der Waals surface area contributed by atoms with Crippen LogP contribution in [0, 0.1) is 11.8 Å². The van der Waals surface area contributed by atoms with Gasteiger partial charge in [-0.3, -0.25) is 0 Å². The van der Waals surface area contributed by atoms with E-state index < -0.39 is 0 Å². The van der Waals surface area contributed by atoms with Crippen molar-refractivity contribution in [2.24, 2.45) is 11.8 Å². The predicted octanol–water partition coefficient (Wildman–Crippen LogP) is 2.83. The lowest BCUT2D eigenvalue weighted by molar-refractivity contribution is 0.153. The highest BCUT2D eigenvalue weighted by Crippen LogP contribution is 2.33. The zero-order chi connectivity index (χ0) is 11.1. The van der Waals surface area contributed by atoms with E-state index in [0.717, 1.165) is 24.9 Å². The first kappa shape index (κ1) is 13.0. The average molecular weight is 213 g/mol. The number of hydrogen-bond acceptors (Lipinski definition) is 2. The van der Waals surface area contributed by atoms with E-state index in [1.807, 2.05) is 0 Å². The van der Waals surface area contributed by atoms with E-state index >= 15 is 0 Å². The van der Waals surface area contributed by atoms with Gasteiger partial charge in [0.15, 0.2) is 0 Å². The lowest BCUT2D eigenvalue weighted by Gasteiger charge is -2.33. The van der Waals surface area contributed by atoms with Gasteiger partial charge in [0, 0.05) is 19.8 Å². The largest absolute Gasteiger partial charge is 0.385 e. The SMILES string of the molecule is CCC1CCC(C(CCOC)NC)CC1. The number of rotatable bonds is 6. The Morgan fingerprint density at radius 2 is 1.93 bits per heavy atom. The zero-order valence-electron chi connectivity index (χ0n) is 10.6. The lowest BCUT2D eigenvalue weighted by Crippen LogP contribution is -2.36. The molecule has 1 aliphatic carbocycles. The van der Waals surface area contributed by atoms with E-state index in [1.165, 1.54) is 32.1 Å². The van der Waals surface area contributed by atoms with Gasteiger partial charge in [0.25, 0.3) is 0 Å². The summed E-state index contributed by atoms with van der Waals surface area (Å²) in [7, 11) is 3.88. The molecule has 0 aromatic carbocycles. The lowest BCUT2D eigenvalue weighted by atomic mass is 9.77. The molecule has 0 heterocycles. The summed E-state index contributed by atoms with van der Waals surface area (Å²) < 4.78 is 5.17. The van der Waals surface area contributed by atoms with Crippen molar-refractivity contribution in [1.29, 1.82) is 0 Å². The highest BCUT2D eigenvalue weighted by molar-refractivity contribution is 4.80. The zero-order valence-corrected chi connectivity index (χ0v) is 10.6. The van der Waals surface area contributed by atoms with Crippen molar-refractivity contribution >= 4 is 0 Å². The fourth-order valence-electron chi connectivity index (χ4n) is 2.86. The van der Waals surface area contributed by atoms with Crippen LogP contribution in [0.4, 0.5) is 0 Å². The van der Waals surface area contributed by atoms with Crippen LogP contribution in [0.1, 0.15) is 45.4 Å². The average Bonchev–Trinajstić information content (AvgIpc) is 2.31. The first-order valence-electron chi connectivity index (χ1n) is 6.48. The van der Waals surface area contributed by atoms with Gasteiger partial charge in [0.05, 0.1) is 0 Å². The van der Waals surface area contributed by atoms with Crippen LogP contribution in [-0.2, 0) is 4.74 Å².